The van der Waals surface area contributed by atoms with E-state index in [-0.39, 0.29) is 5.82 Å². The van der Waals surface area contributed by atoms with E-state index in [0.717, 1.165) is 0 Å². The zero-order valence-corrected chi connectivity index (χ0v) is 6.49. The van der Waals surface area contributed by atoms with E-state index in [1.807, 2.05) is 0 Å². The minimum absolute atomic E-state index is 0.313. The lowest BCUT2D eigenvalue weighted by molar-refractivity contribution is 0.619. The number of aromatic nitrogens is 1. The molecule has 1 aromatic heterocycles. The van der Waals surface area contributed by atoms with E-state index in [1.54, 1.807) is 6.92 Å². The van der Waals surface area contributed by atoms with Gasteiger partial charge in [0.2, 0.25) is 0 Å². The Morgan fingerprint density at radius 2 is 2.00 bits per heavy atom. The first-order valence-electron chi connectivity index (χ1n) is 3.62. The molecule has 2 aromatic rings. The van der Waals surface area contributed by atoms with E-state index < -0.39 is 5.82 Å². The van der Waals surface area contributed by atoms with Crippen LogP contribution in [0.1, 0.15) is 5.69 Å². The quantitative estimate of drug-likeness (QED) is 0.621. The molecule has 0 aliphatic rings. The molecule has 1 aromatic carbocycles. The topological polar surface area (TPSA) is 15.8 Å². The van der Waals surface area contributed by atoms with Crippen LogP contribution in [0.15, 0.2) is 18.2 Å². The Labute approximate surface area is 68.0 Å². The molecule has 0 saturated carbocycles. The predicted molar refractivity (Wildman–Crippen MR) is 43.0 cm³/mol. The molecule has 0 saturated heterocycles. The summed E-state index contributed by atoms with van der Waals surface area (Å²) in [4.78, 5) is 2.81. The molecule has 2 rings (SSSR count). The Morgan fingerprint density at radius 1 is 1.25 bits per heavy atom. The van der Waals surface area contributed by atoms with E-state index >= 15 is 0 Å². The van der Waals surface area contributed by atoms with Crippen molar-refractivity contribution in [2.24, 2.45) is 0 Å². The Morgan fingerprint density at radius 3 is 2.75 bits per heavy atom. The fourth-order valence-electron chi connectivity index (χ4n) is 1.27. The van der Waals surface area contributed by atoms with E-state index in [1.165, 1.54) is 18.2 Å². The van der Waals surface area contributed by atoms with Crippen LogP contribution in [0.3, 0.4) is 0 Å². The lowest BCUT2D eigenvalue weighted by Crippen LogP contribution is -1.74. The van der Waals surface area contributed by atoms with Crippen molar-refractivity contribution in [3.8, 4) is 0 Å². The number of hydrogen-bond donors (Lipinski definition) is 1. The van der Waals surface area contributed by atoms with Crippen LogP contribution in [-0.4, -0.2) is 4.98 Å². The average Bonchev–Trinajstić information content (AvgIpc) is 2.31. The Hall–Kier alpha value is -1.38. The van der Waals surface area contributed by atoms with E-state index in [2.05, 4.69) is 4.98 Å². The highest BCUT2D eigenvalue weighted by atomic mass is 19.1. The first kappa shape index (κ1) is 7.28. The van der Waals surface area contributed by atoms with Crippen LogP contribution in [0.4, 0.5) is 8.78 Å². The van der Waals surface area contributed by atoms with Gasteiger partial charge in [-0.15, -0.1) is 0 Å². The van der Waals surface area contributed by atoms with Gasteiger partial charge in [-0.2, -0.15) is 0 Å². The zero-order valence-electron chi connectivity index (χ0n) is 6.49. The molecule has 1 nitrogen and oxygen atoms in total. The van der Waals surface area contributed by atoms with Crippen molar-refractivity contribution in [3.05, 3.63) is 35.5 Å². The molecule has 1 heterocycles. The lowest BCUT2D eigenvalue weighted by atomic mass is 10.2. The number of rotatable bonds is 0. The minimum atomic E-state index is -0.416. The summed E-state index contributed by atoms with van der Waals surface area (Å²) in [7, 11) is 0. The molecule has 0 aliphatic carbocycles. The second kappa shape index (κ2) is 2.30. The number of aromatic amines is 1. The summed E-state index contributed by atoms with van der Waals surface area (Å²) in [5.41, 5.74) is 1.07. The average molecular weight is 167 g/mol. The van der Waals surface area contributed by atoms with Crippen molar-refractivity contribution in [2.75, 3.05) is 0 Å². The predicted octanol–water partition coefficient (Wildman–Crippen LogP) is 2.75. The summed E-state index contributed by atoms with van der Waals surface area (Å²) >= 11 is 0. The van der Waals surface area contributed by atoms with Gasteiger partial charge in [0.05, 0.1) is 0 Å². The molecule has 0 unspecified atom stereocenters. The number of halogens is 2. The van der Waals surface area contributed by atoms with Gasteiger partial charge in [-0.25, -0.2) is 8.78 Å². The molecule has 3 heteroatoms. The van der Waals surface area contributed by atoms with Crippen molar-refractivity contribution in [1.82, 2.24) is 4.98 Å². The summed E-state index contributed by atoms with van der Waals surface area (Å²) in [6, 6.07) is 4.02. The Bertz CT molecular complexity index is 431. The van der Waals surface area contributed by atoms with Crippen molar-refractivity contribution in [2.45, 2.75) is 6.92 Å². The number of nitrogens with one attached hydrogen (secondary N) is 1. The molecule has 0 radical (unpaired) electrons. The number of aryl methyl sites for hydroxylation is 1. The fourth-order valence-corrected chi connectivity index (χ4v) is 1.27. The maximum atomic E-state index is 13.1. The molecule has 0 aliphatic heterocycles. The highest BCUT2D eigenvalue weighted by Gasteiger charge is 2.07. The second-order valence-corrected chi connectivity index (χ2v) is 2.75. The van der Waals surface area contributed by atoms with E-state index in [9.17, 15) is 8.78 Å². The van der Waals surface area contributed by atoms with Gasteiger partial charge in [-0.3, -0.25) is 0 Å². The van der Waals surface area contributed by atoms with Gasteiger partial charge in [0.1, 0.15) is 5.82 Å². The highest BCUT2D eigenvalue weighted by molar-refractivity contribution is 5.81. The third kappa shape index (κ3) is 0.897. The zero-order chi connectivity index (χ0) is 8.72. The molecule has 12 heavy (non-hydrogen) atoms. The molecular formula is C9H7F2N. The van der Waals surface area contributed by atoms with Gasteiger partial charge in [-0.1, -0.05) is 0 Å². The molecule has 1 N–H and O–H groups in total. The number of hydrogen-bond acceptors (Lipinski definition) is 0. The van der Waals surface area contributed by atoms with Crippen LogP contribution in [0.5, 0.6) is 0 Å². The molecule has 0 amide bonds. The number of H-pyrrole nitrogens is 1. The van der Waals surface area contributed by atoms with Gasteiger partial charge in [0.15, 0.2) is 5.82 Å². The molecule has 0 bridgehead atoms. The minimum Gasteiger partial charge on any atom is -0.356 e. The summed E-state index contributed by atoms with van der Waals surface area (Å²) in [5, 5.41) is 0.313. The number of fused-ring (bicyclic) bond motifs is 1. The Kier molecular flexibility index (Phi) is 1.40. The fraction of sp³-hybridized carbons (Fsp3) is 0.111. The van der Waals surface area contributed by atoms with Crippen molar-refractivity contribution >= 4 is 10.9 Å². The number of benzene rings is 1. The second-order valence-electron chi connectivity index (χ2n) is 2.75. The smallest absolute Gasteiger partial charge is 0.151 e. The first-order chi connectivity index (χ1) is 5.68. The first-order valence-corrected chi connectivity index (χ1v) is 3.62. The summed E-state index contributed by atoms with van der Waals surface area (Å²) in [5.74, 6) is -0.787. The third-order valence-electron chi connectivity index (χ3n) is 1.87. The van der Waals surface area contributed by atoms with Crippen LogP contribution in [0.2, 0.25) is 0 Å². The monoisotopic (exact) mass is 167 g/mol. The summed E-state index contributed by atoms with van der Waals surface area (Å²) in [6.07, 6.45) is 0. The van der Waals surface area contributed by atoms with Crippen LogP contribution in [-0.2, 0) is 0 Å². The van der Waals surface area contributed by atoms with Gasteiger partial charge >= 0.3 is 0 Å². The van der Waals surface area contributed by atoms with Gasteiger partial charge in [0, 0.05) is 16.6 Å². The molecule has 0 fully saturated rings. The highest BCUT2D eigenvalue weighted by Crippen LogP contribution is 2.20. The SMILES string of the molecule is Cc1[nH]c2ccc(F)cc2c1F. The maximum Gasteiger partial charge on any atom is 0.151 e. The maximum absolute atomic E-state index is 13.1. The van der Waals surface area contributed by atoms with Crippen LogP contribution < -0.4 is 0 Å². The molecule has 62 valence electrons. The lowest BCUT2D eigenvalue weighted by Gasteiger charge is -1.88. The Balaban J connectivity index is 2.88. The van der Waals surface area contributed by atoms with Gasteiger partial charge in [0.25, 0.3) is 0 Å². The van der Waals surface area contributed by atoms with Crippen LogP contribution in [0, 0.1) is 18.6 Å². The van der Waals surface area contributed by atoms with Crippen molar-refractivity contribution < 1.29 is 8.78 Å². The summed E-state index contributed by atoms with van der Waals surface area (Å²) < 4.78 is 25.8. The molecule has 0 spiro atoms. The summed E-state index contributed by atoms with van der Waals surface area (Å²) in [6.45, 7) is 1.62. The van der Waals surface area contributed by atoms with Crippen molar-refractivity contribution in [3.63, 3.8) is 0 Å². The largest absolute Gasteiger partial charge is 0.356 e. The van der Waals surface area contributed by atoms with E-state index in [4.69, 9.17) is 0 Å². The van der Waals surface area contributed by atoms with Crippen molar-refractivity contribution in [1.29, 1.82) is 0 Å². The third-order valence-corrected chi connectivity index (χ3v) is 1.87. The molecular weight excluding hydrogens is 160 g/mol. The van der Waals surface area contributed by atoms with E-state index in [0.29, 0.717) is 16.6 Å². The van der Waals surface area contributed by atoms with Gasteiger partial charge in [-0.05, 0) is 25.1 Å². The van der Waals surface area contributed by atoms with Gasteiger partial charge < -0.3 is 4.98 Å². The van der Waals surface area contributed by atoms with Crippen LogP contribution in [0.25, 0.3) is 10.9 Å². The normalized spacial score (nSPS) is 10.9. The van der Waals surface area contributed by atoms with Crippen LogP contribution >= 0.6 is 0 Å². The molecule has 0 atom stereocenters. The standard InChI is InChI=1S/C9H7F2N/c1-5-9(11)7-4-6(10)2-3-8(7)12-5/h2-4,12H,1H3.